The van der Waals surface area contributed by atoms with E-state index in [1.807, 2.05) is 30.3 Å². The Morgan fingerprint density at radius 1 is 0.875 bits per heavy atom. The van der Waals surface area contributed by atoms with Crippen molar-refractivity contribution >= 4 is 44.8 Å². The second-order valence-electron chi connectivity index (χ2n) is 7.07. The lowest BCUT2D eigenvalue weighted by Gasteiger charge is -2.19. The van der Waals surface area contributed by atoms with Crippen molar-refractivity contribution in [2.24, 2.45) is 0 Å². The van der Waals surface area contributed by atoms with Crippen LogP contribution in [0.15, 0.2) is 83.8 Å². The molecule has 3 aromatic carbocycles. The number of sulfonamides is 1. The molecule has 0 bridgehead atoms. The van der Waals surface area contributed by atoms with Gasteiger partial charge in [0.2, 0.25) is 21.8 Å². The largest absolute Gasteiger partial charge is 0.326 e. The molecule has 0 saturated heterocycles. The first-order valence-electron chi connectivity index (χ1n) is 9.73. The fourth-order valence-electron chi connectivity index (χ4n) is 3.01. The van der Waals surface area contributed by atoms with Crippen molar-refractivity contribution in [3.63, 3.8) is 0 Å². The highest BCUT2D eigenvalue weighted by Gasteiger charge is 2.26. The third-order valence-electron chi connectivity index (χ3n) is 4.47. The summed E-state index contributed by atoms with van der Waals surface area (Å²) < 4.78 is 28.3. The summed E-state index contributed by atoms with van der Waals surface area (Å²) in [6.45, 7) is 1.38. The Kier molecular flexibility index (Phi) is 7.63. The Morgan fingerprint density at radius 3 is 2.12 bits per heavy atom. The predicted octanol–water partition coefficient (Wildman–Crippen LogP) is 3.83. The van der Waals surface area contributed by atoms with Crippen LogP contribution in [0.4, 0.5) is 11.4 Å². The normalized spacial score (nSPS) is 12.1. The fraction of sp³-hybridized carbons (Fsp3) is 0.130. The van der Waals surface area contributed by atoms with Gasteiger partial charge >= 0.3 is 0 Å². The van der Waals surface area contributed by atoms with E-state index in [9.17, 15) is 18.0 Å². The van der Waals surface area contributed by atoms with Crippen molar-refractivity contribution in [3.05, 3.63) is 89.4 Å². The van der Waals surface area contributed by atoms with Crippen LogP contribution in [0.5, 0.6) is 0 Å². The van der Waals surface area contributed by atoms with Crippen LogP contribution in [0, 0.1) is 0 Å². The second kappa shape index (κ2) is 10.4. The quantitative estimate of drug-likeness (QED) is 0.464. The number of halogens is 1. The third-order valence-corrected chi connectivity index (χ3v) is 6.21. The molecule has 3 N–H and O–H groups in total. The van der Waals surface area contributed by atoms with E-state index in [1.165, 1.54) is 31.2 Å². The Morgan fingerprint density at radius 2 is 1.50 bits per heavy atom. The summed E-state index contributed by atoms with van der Waals surface area (Å²) in [6, 6.07) is 20.3. The van der Waals surface area contributed by atoms with Crippen LogP contribution in [0.2, 0.25) is 5.02 Å². The van der Waals surface area contributed by atoms with Gasteiger partial charge in [-0.3, -0.25) is 9.59 Å². The van der Waals surface area contributed by atoms with Gasteiger partial charge in [0.25, 0.3) is 0 Å². The topological polar surface area (TPSA) is 104 Å². The highest BCUT2D eigenvalue weighted by molar-refractivity contribution is 7.89. The number of carbonyl (C=O) groups excluding carboxylic acids is 2. The molecule has 9 heteroatoms. The molecule has 0 aliphatic carbocycles. The van der Waals surface area contributed by atoms with E-state index in [-0.39, 0.29) is 17.2 Å². The average Bonchev–Trinajstić information content (AvgIpc) is 2.74. The molecule has 0 aliphatic rings. The van der Waals surface area contributed by atoms with Crippen molar-refractivity contribution in [1.82, 2.24) is 4.72 Å². The van der Waals surface area contributed by atoms with Gasteiger partial charge in [-0.1, -0.05) is 48.0 Å². The molecular formula is C23H22ClN3O4S. The van der Waals surface area contributed by atoms with Crippen LogP contribution in [-0.2, 0) is 26.0 Å². The van der Waals surface area contributed by atoms with E-state index in [0.29, 0.717) is 16.4 Å². The van der Waals surface area contributed by atoms with E-state index in [2.05, 4.69) is 15.4 Å². The monoisotopic (exact) mass is 471 g/mol. The molecule has 0 aliphatic heterocycles. The van der Waals surface area contributed by atoms with E-state index in [4.69, 9.17) is 11.6 Å². The van der Waals surface area contributed by atoms with Crippen molar-refractivity contribution in [2.75, 3.05) is 10.6 Å². The zero-order valence-electron chi connectivity index (χ0n) is 17.2. The van der Waals surface area contributed by atoms with Gasteiger partial charge in [0.1, 0.15) is 6.04 Å². The number of anilines is 2. The molecule has 0 radical (unpaired) electrons. The molecule has 0 fully saturated rings. The Balaban J connectivity index is 1.84. The minimum absolute atomic E-state index is 0.000386. The smallest absolute Gasteiger partial charge is 0.242 e. The van der Waals surface area contributed by atoms with Gasteiger partial charge in [0.05, 0.1) is 4.90 Å². The van der Waals surface area contributed by atoms with Crippen LogP contribution in [0.3, 0.4) is 0 Å². The Hall–Kier alpha value is -3.20. The van der Waals surface area contributed by atoms with E-state index in [1.54, 1.807) is 24.3 Å². The first-order valence-corrected chi connectivity index (χ1v) is 11.6. The number of nitrogens with one attached hydrogen (secondary N) is 3. The van der Waals surface area contributed by atoms with E-state index >= 15 is 0 Å². The zero-order valence-corrected chi connectivity index (χ0v) is 18.8. The van der Waals surface area contributed by atoms with Gasteiger partial charge in [-0.25, -0.2) is 8.42 Å². The average molecular weight is 472 g/mol. The van der Waals surface area contributed by atoms with Crippen molar-refractivity contribution < 1.29 is 18.0 Å². The lowest BCUT2D eigenvalue weighted by atomic mass is 10.1. The third kappa shape index (κ3) is 6.65. The van der Waals surface area contributed by atoms with Gasteiger partial charge in [0, 0.05) is 23.3 Å². The molecule has 0 aromatic heterocycles. The predicted molar refractivity (Wildman–Crippen MR) is 125 cm³/mol. The highest BCUT2D eigenvalue weighted by atomic mass is 35.5. The lowest BCUT2D eigenvalue weighted by Crippen LogP contribution is -2.45. The maximum atomic E-state index is 13.1. The summed E-state index contributed by atoms with van der Waals surface area (Å²) in [5, 5.41) is 5.76. The number of benzene rings is 3. The van der Waals surface area contributed by atoms with Gasteiger partial charge in [-0.15, -0.1) is 0 Å². The minimum atomic E-state index is -3.98. The molecule has 3 rings (SSSR count). The number of carbonyl (C=O) groups is 2. The summed E-state index contributed by atoms with van der Waals surface area (Å²) in [4.78, 5) is 24.4. The number of rotatable bonds is 8. The van der Waals surface area contributed by atoms with Crippen molar-refractivity contribution in [3.8, 4) is 0 Å². The van der Waals surface area contributed by atoms with Crippen LogP contribution in [-0.4, -0.2) is 26.3 Å². The number of hydrogen-bond acceptors (Lipinski definition) is 4. The summed E-state index contributed by atoms with van der Waals surface area (Å²) in [5.41, 5.74) is 1.72. The van der Waals surface area contributed by atoms with E-state index in [0.717, 1.165) is 5.56 Å². The molecule has 2 amide bonds. The number of hydrogen-bond donors (Lipinski definition) is 3. The van der Waals surface area contributed by atoms with Crippen molar-refractivity contribution in [1.29, 1.82) is 0 Å². The molecule has 3 aromatic rings. The standard InChI is InChI=1S/C23H22ClN3O4S/c1-16(28)25-19-8-5-9-20(15-19)26-23(29)22(14-17-6-3-2-4-7-17)27-32(30,31)21-12-10-18(24)11-13-21/h2-13,15,22,27H,14H2,1H3,(H,25,28)(H,26,29)/t22-/m0/s1. The first kappa shape index (κ1) is 23.5. The Bertz CT molecular complexity index is 1200. The highest BCUT2D eigenvalue weighted by Crippen LogP contribution is 2.18. The summed E-state index contributed by atoms with van der Waals surface area (Å²) in [6.07, 6.45) is 0.144. The molecule has 0 unspecified atom stereocenters. The summed E-state index contributed by atoms with van der Waals surface area (Å²) in [7, 11) is -3.98. The Labute approximate surface area is 191 Å². The molecule has 1 atom stereocenters. The minimum Gasteiger partial charge on any atom is -0.326 e. The van der Waals surface area contributed by atoms with Crippen LogP contribution >= 0.6 is 11.6 Å². The molecular weight excluding hydrogens is 450 g/mol. The molecule has 0 heterocycles. The van der Waals surface area contributed by atoms with Gasteiger partial charge in [-0.05, 0) is 54.4 Å². The van der Waals surface area contributed by atoms with Crippen molar-refractivity contribution in [2.45, 2.75) is 24.3 Å². The maximum Gasteiger partial charge on any atom is 0.242 e. The maximum absolute atomic E-state index is 13.1. The van der Waals surface area contributed by atoms with Gasteiger partial charge < -0.3 is 10.6 Å². The first-order chi connectivity index (χ1) is 15.2. The lowest BCUT2D eigenvalue weighted by molar-refractivity contribution is -0.117. The molecule has 7 nitrogen and oxygen atoms in total. The summed E-state index contributed by atoms with van der Waals surface area (Å²) >= 11 is 5.85. The SMILES string of the molecule is CC(=O)Nc1cccc(NC(=O)[C@H](Cc2ccccc2)NS(=O)(=O)c2ccc(Cl)cc2)c1. The summed E-state index contributed by atoms with van der Waals surface area (Å²) in [5.74, 6) is -0.780. The van der Waals surface area contributed by atoms with Gasteiger partial charge in [0.15, 0.2) is 0 Å². The molecule has 166 valence electrons. The van der Waals surface area contributed by atoms with Crippen LogP contribution in [0.1, 0.15) is 12.5 Å². The number of amides is 2. The van der Waals surface area contributed by atoms with E-state index < -0.39 is 22.0 Å². The van der Waals surface area contributed by atoms with Crippen LogP contribution in [0.25, 0.3) is 0 Å². The molecule has 32 heavy (non-hydrogen) atoms. The fourth-order valence-corrected chi connectivity index (χ4v) is 4.34. The van der Waals surface area contributed by atoms with Crippen LogP contribution < -0.4 is 15.4 Å². The van der Waals surface area contributed by atoms with Gasteiger partial charge in [-0.2, -0.15) is 4.72 Å². The zero-order chi connectivity index (χ0) is 23.1. The second-order valence-corrected chi connectivity index (χ2v) is 9.22. The molecule has 0 spiro atoms. The molecule has 0 saturated carbocycles.